The molecule has 0 bridgehead atoms. The minimum absolute atomic E-state index is 0. The van der Waals surface area contributed by atoms with Crippen molar-refractivity contribution in [3.63, 3.8) is 0 Å². The van der Waals surface area contributed by atoms with Crippen molar-refractivity contribution in [3.8, 4) is 34.2 Å². The van der Waals surface area contributed by atoms with Gasteiger partial charge in [0.1, 0.15) is 28.7 Å². The van der Waals surface area contributed by atoms with Crippen LogP contribution in [0.3, 0.4) is 0 Å². The maximum atomic E-state index is 12.7. The van der Waals surface area contributed by atoms with E-state index in [9.17, 15) is 19.1 Å². The second-order valence-corrected chi connectivity index (χ2v) is 33.1. The summed E-state index contributed by atoms with van der Waals surface area (Å²) in [7, 11) is 8.56. The van der Waals surface area contributed by atoms with Crippen molar-refractivity contribution >= 4 is 147 Å². The molecule has 6 N–H and O–H groups in total. The van der Waals surface area contributed by atoms with Gasteiger partial charge < -0.3 is 59.6 Å². The number of carbonyl (C=O) groups is 2. The number of aromatic amines is 1. The van der Waals surface area contributed by atoms with E-state index in [1.54, 1.807) is 25.1 Å². The third-order valence-electron chi connectivity index (χ3n) is 19.7. The molecule has 0 saturated carbocycles. The summed E-state index contributed by atoms with van der Waals surface area (Å²) in [4.78, 5) is 67.4. The number of ether oxygens (including phenoxy) is 2. The van der Waals surface area contributed by atoms with Crippen molar-refractivity contribution in [2.45, 2.75) is 112 Å². The molecular weight excluding hydrogens is 1830 g/mol. The van der Waals surface area contributed by atoms with Gasteiger partial charge in [-0.1, -0.05) is 199 Å². The zero-order valence-corrected chi connectivity index (χ0v) is 78.3. The summed E-state index contributed by atoms with van der Waals surface area (Å²) in [6.45, 7) is 24.0. The van der Waals surface area contributed by atoms with Crippen LogP contribution in [0.25, 0.3) is 99.6 Å². The van der Waals surface area contributed by atoms with E-state index in [1.807, 2.05) is 171 Å². The molecule has 122 heavy (non-hydrogen) atoms. The van der Waals surface area contributed by atoms with Gasteiger partial charge in [-0.25, -0.2) is 34.5 Å². The van der Waals surface area contributed by atoms with Crippen LogP contribution < -0.4 is 27.2 Å². The molecule has 0 aliphatic carbocycles. The van der Waals surface area contributed by atoms with Gasteiger partial charge in [0, 0.05) is 153 Å². The van der Waals surface area contributed by atoms with Gasteiger partial charge in [0.2, 0.25) is 0 Å². The Morgan fingerprint density at radius 2 is 0.844 bits per heavy atom. The number of aryl methyl sites for hydroxylation is 3. The molecule has 1 unspecified atom stereocenters. The van der Waals surface area contributed by atoms with Crippen molar-refractivity contribution in [1.82, 2.24) is 58.7 Å². The molecule has 626 valence electrons. The number of H-pyrrole nitrogens is 1. The van der Waals surface area contributed by atoms with Crippen molar-refractivity contribution in [2.24, 2.45) is 5.73 Å². The molecule has 2 radical (unpaired) electrons. The van der Waals surface area contributed by atoms with E-state index in [4.69, 9.17) is 76.2 Å². The van der Waals surface area contributed by atoms with Gasteiger partial charge in [0.15, 0.2) is 11.6 Å². The Labute approximate surface area is 756 Å². The normalized spacial score (nSPS) is 11.5. The Morgan fingerprint density at radius 1 is 0.500 bits per heavy atom. The summed E-state index contributed by atoms with van der Waals surface area (Å²) in [5.41, 5.74) is 19.2. The van der Waals surface area contributed by atoms with Gasteiger partial charge in [-0.3, -0.25) is 4.79 Å². The number of anilines is 2. The predicted octanol–water partition coefficient (Wildman–Crippen LogP) is 20.7. The summed E-state index contributed by atoms with van der Waals surface area (Å²) in [6, 6.07) is 66.8. The van der Waals surface area contributed by atoms with E-state index in [1.165, 1.54) is 21.6 Å². The molecular formula is C94H103B2Cl3N15O6PU. The Balaban J connectivity index is 0.000000176. The van der Waals surface area contributed by atoms with Crippen LogP contribution in [0.1, 0.15) is 94.2 Å². The number of nitrogens with zero attached hydrogens (tertiary/aromatic N) is 10. The summed E-state index contributed by atoms with van der Waals surface area (Å²) < 4.78 is 32.6. The third kappa shape index (κ3) is 24.6. The number of hydrogen-bond acceptors (Lipinski definition) is 15. The smallest absolute Gasteiger partial charge is 0 e. The molecule has 0 aliphatic rings. The molecule has 28 heteroatoms. The topological polar surface area (TPSA) is 250 Å². The Hall–Kier alpha value is -10.2. The Kier molecular flexibility index (Phi) is 33.5. The van der Waals surface area contributed by atoms with Crippen LogP contribution in [0.15, 0.2) is 224 Å². The molecule has 1 atom stereocenters. The fourth-order valence-electron chi connectivity index (χ4n) is 13.9. The number of carbonyl (C=O) groups excluding carboxylic acids is 2. The average Bonchev–Trinajstić information content (AvgIpc) is 1.65. The fraction of sp³-hybridized carbons (Fsp3) is 0.277. The number of amides is 2. The maximum absolute atomic E-state index is 12.7. The minimum atomic E-state index is -1.53. The van der Waals surface area contributed by atoms with E-state index in [-0.39, 0.29) is 48.9 Å². The summed E-state index contributed by atoms with van der Waals surface area (Å²) in [6.07, 6.45) is 8.18. The van der Waals surface area contributed by atoms with E-state index in [0.29, 0.717) is 79.0 Å². The van der Waals surface area contributed by atoms with Crippen molar-refractivity contribution in [1.29, 1.82) is 1.28 Å². The molecule has 15 aromatic rings. The minimum Gasteiger partial charge on any atom is 0 e. The molecule has 0 aliphatic heterocycles. The van der Waals surface area contributed by atoms with Gasteiger partial charge >= 0.3 is 40.9 Å². The predicted molar refractivity (Wildman–Crippen MR) is 502 cm³/mol. The Morgan fingerprint density at radius 3 is 1.22 bits per heavy atom. The summed E-state index contributed by atoms with van der Waals surface area (Å²) in [5.74, 6) is 3.53. The number of benzene rings is 9. The molecule has 0 fully saturated rings. The van der Waals surface area contributed by atoms with Gasteiger partial charge in [-0.2, -0.15) is 0 Å². The molecule has 2 amide bonds. The van der Waals surface area contributed by atoms with Crippen LogP contribution in [0.5, 0.6) is 0 Å². The molecule has 6 heterocycles. The molecule has 21 nitrogen and oxygen atoms in total. The molecule has 9 aromatic carbocycles. The largest absolute Gasteiger partial charge is 0 e. The molecule has 0 saturated heterocycles. The fourth-order valence-corrected chi connectivity index (χ4v) is 14.8. The monoisotopic (exact) mass is 1930 g/mol. The summed E-state index contributed by atoms with van der Waals surface area (Å²) >= 11 is 20.0. The molecule has 15 rings (SSSR count). The second kappa shape index (κ2) is 44.2. The van der Waals surface area contributed by atoms with Crippen LogP contribution in [0, 0.1) is 51.9 Å². The van der Waals surface area contributed by atoms with Crippen LogP contribution in [0.2, 0.25) is 15.1 Å². The average molecular weight is 1940 g/mol. The molecule has 6 aromatic heterocycles. The van der Waals surface area contributed by atoms with Gasteiger partial charge in [0.05, 0.1) is 53.6 Å². The SMILES string of the molecule is CN(CCCN)C(=O)OC(C)(C)C.CNCCCNc1nc(-c2cn(Cc3ccccc3)c3c(Cl)cccc23)nc2c(C)cccc12.Cc1cccc2c(=O)[nH]c(-c3cn(Cc4ccccc4)c4c(Cl)cccc34)nc12.Cc1cccc2c(NCCCN(C)C(=O)OC(C)(C)C)nc(-c3cn(Cc4ccccc4)c4c(Cl)cccc34)nc12.[2H]P([B])B=O.[U]. The van der Waals surface area contributed by atoms with Crippen molar-refractivity contribution < 1.29 is 54.9 Å². The van der Waals surface area contributed by atoms with E-state index in [2.05, 4.69) is 153 Å². The number of aromatic nitrogens is 9. The van der Waals surface area contributed by atoms with Crippen LogP contribution >= 0.6 is 43.1 Å². The van der Waals surface area contributed by atoms with Crippen molar-refractivity contribution in [2.75, 3.05) is 71.0 Å². The Bertz CT molecular complexity index is 6200. The van der Waals surface area contributed by atoms with Gasteiger partial charge in [0.25, 0.3) is 5.56 Å². The van der Waals surface area contributed by atoms with Gasteiger partial charge in [-0.15, -0.1) is 0 Å². The quantitative estimate of drug-likeness (QED) is 0.0227. The number of para-hydroxylation sites is 6. The zero-order valence-electron chi connectivity index (χ0n) is 72.0. The number of hydrogen-bond donors (Lipinski definition) is 5. The number of nitrogens with two attached hydrogens (primary N) is 1. The number of fused-ring (bicyclic) bond motifs is 6. The number of nitrogens with one attached hydrogen (secondary N) is 4. The summed E-state index contributed by atoms with van der Waals surface area (Å²) in [5, 5.41) is 18.0. The first-order valence-corrected chi connectivity index (χ1v) is 42.4. The van der Waals surface area contributed by atoms with Crippen LogP contribution in [-0.4, -0.2) is 153 Å². The number of halogens is 3. The van der Waals surface area contributed by atoms with Crippen molar-refractivity contribution in [3.05, 3.63) is 278 Å². The second-order valence-electron chi connectivity index (χ2n) is 31.4. The van der Waals surface area contributed by atoms with Crippen LogP contribution in [-0.2, 0) is 33.8 Å². The first kappa shape index (κ1) is 92.5. The van der Waals surface area contributed by atoms with Crippen LogP contribution in [0.4, 0.5) is 21.2 Å². The van der Waals surface area contributed by atoms with E-state index >= 15 is 0 Å². The third-order valence-corrected chi connectivity index (χ3v) is 20.7. The zero-order chi connectivity index (χ0) is 87.4. The van der Waals surface area contributed by atoms with Gasteiger partial charge in [-0.05, 0) is 171 Å². The maximum Gasteiger partial charge on any atom is 0 e. The first-order chi connectivity index (χ1) is 58.5. The van der Waals surface area contributed by atoms with E-state index < -0.39 is 19.5 Å². The molecule has 0 spiro atoms. The number of rotatable bonds is 23. The first-order valence-electron chi connectivity index (χ1n) is 40.6. The standard InChI is InChI=1S/C33H36ClN5O2.C28H28ClN5.C24H18ClN3O.C9H20N2O2.B2HOP.U/c1-22-12-9-16-25-28(22)36-31(37-30(25)35-18-11-19-38(5)32(40)41-33(2,3)4)26-21-39(20-23-13-7-6-8-14-23)29-24(26)15-10-17-27(29)34;1-19-9-6-13-22-25(19)32-28(33-27(22)31-16-8-15-30-2)23-18-34(17-20-10-4-3-5-11-20)26-21(23)12-7-14-24(26)29;1-15-7-5-11-18-21(15)26-23(27-24(18)29)19-14-28(13-16-8-3-2-4-9-16)22-17(19)10-6-12-20(22)25;1-9(2,3)13-8(12)11(4)7-5-6-10;1-4-2-3;/h6-10,12-17,21H,11,18-20H2,1-5H3,(H,35,36,37);3-7,9-14,18,30H,8,15-17H2,1-2H3,(H,31,32,33);2-12,14H,13H2,1H3,(H,26,27,29);5-7,10H2,1-4H3;4H;/i;;;;4D;. The van der Waals surface area contributed by atoms with E-state index in [0.717, 1.165) is 149 Å².